The predicted octanol–water partition coefficient (Wildman–Crippen LogP) is 5.69. The fourth-order valence-electron chi connectivity index (χ4n) is 10.7. The zero-order valence-corrected chi connectivity index (χ0v) is 48.3. The third kappa shape index (κ3) is 12.4. The van der Waals surface area contributed by atoms with Gasteiger partial charge in [0.2, 0.25) is 41.2 Å². The van der Waals surface area contributed by atoms with E-state index < -0.39 is 135 Å². The van der Waals surface area contributed by atoms with Gasteiger partial charge in [-0.05, 0) is 119 Å². The Morgan fingerprint density at radius 2 is 1.16 bits per heavy atom. The number of aliphatic hydroxyl groups is 1. The molecular weight excluding hydrogens is 1220 g/mol. The smallest absolute Gasteiger partial charge is 0.330 e. The molecule has 6 aliphatic heterocycles. The summed E-state index contributed by atoms with van der Waals surface area (Å²) >= 11 is 14.0. The number of aliphatic hydroxyl groups excluding tert-OH is 1. The van der Waals surface area contributed by atoms with Gasteiger partial charge in [0.05, 0.1) is 16.7 Å². The predicted molar refractivity (Wildman–Crippen MR) is 315 cm³/mol. The van der Waals surface area contributed by atoms with Gasteiger partial charge in [-0.3, -0.25) is 28.8 Å². The Bertz CT molecular complexity index is 4130. The Balaban J connectivity index is 1.17. The molecule has 8 atom stereocenters. The van der Waals surface area contributed by atoms with E-state index in [-0.39, 0.29) is 104 Å². The number of carbonyl (C=O) groups is 7. The molecule has 0 saturated carbocycles. The number of amides is 6. The number of phenols is 5. The van der Waals surface area contributed by atoms with Gasteiger partial charge in [0.15, 0.2) is 29.0 Å². The van der Waals surface area contributed by atoms with Crippen LogP contribution in [0.5, 0.6) is 69.0 Å². The summed E-state index contributed by atoms with van der Waals surface area (Å²) in [5.74, 6) is -13.5. The first kappa shape index (κ1) is 61.1. The summed E-state index contributed by atoms with van der Waals surface area (Å²) < 4.78 is 31.0. The van der Waals surface area contributed by atoms with Crippen molar-refractivity contribution < 1.29 is 93.0 Å². The number of nitrogens with two attached hydrogens (primary N) is 1. The molecule has 464 valence electrons. The molecule has 0 saturated heterocycles. The molecule has 0 fully saturated rings. The van der Waals surface area contributed by atoms with Crippen molar-refractivity contribution in [3.63, 3.8) is 0 Å². The number of nitrogens with one attached hydrogen (secondary N) is 6. The number of carboxylic acid groups (broad SMARTS) is 1. The lowest BCUT2D eigenvalue weighted by atomic mass is 9.89. The van der Waals surface area contributed by atoms with Crippen molar-refractivity contribution in [1.29, 1.82) is 0 Å². The normalized spacial score (nSPS) is 21.4. The molecule has 6 heterocycles. The van der Waals surface area contributed by atoms with Crippen LogP contribution in [0.1, 0.15) is 82.2 Å². The van der Waals surface area contributed by atoms with E-state index in [1.807, 2.05) is 0 Å². The summed E-state index contributed by atoms with van der Waals surface area (Å²) in [6, 6.07) is 9.09. The van der Waals surface area contributed by atoms with E-state index in [1.54, 1.807) is 6.92 Å². The molecule has 6 amide bonds. The highest BCUT2D eigenvalue weighted by Crippen LogP contribution is 2.49. The third-order valence-corrected chi connectivity index (χ3v) is 15.7. The van der Waals surface area contributed by atoms with E-state index in [2.05, 4.69) is 31.9 Å². The fourth-order valence-corrected chi connectivity index (χ4v) is 11.2. The largest absolute Gasteiger partial charge is 0.508 e. The van der Waals surface area contributed by atoms with Crippen molar-refractivity contribution in [1.82, 2.24) is 31.9 Å². The Kier molecular flexibility index (Phi) is 16.9. The molecule has 28 heteroatoms. The van der Waals surface area contributed by atoms with Crippen molar-refractivity contribution in [2.45, 2.75) is 61.7 Å². The van der Waals surface area contributed by atoms with Crippen LogP contribution in [0.3, 0.4) is 0 Å². The molecule has 90 heavy (non-hydrogen) atoms. The van der Waals surface area contributed by atoms with Crippen LogP contribution in [0.4, 0.5) is 0 Å². The Morgan fingerprint density at radius 3 is 1.83 bits per heavy atom. The van der Waals surface area contributed by atoms with Crippen LogP contribution < -0.4 is 56.6 Å². The van der Waals surface area contributed by atoms with Crippen molar-refractivity contribution in [2.75, 3.05) is 19.8 Å². The van der Waals surface area contributed by atoms with E-state index in [9.17, 15) is 50.1 Å². The van der Waals surface area contributed by atoms with Crippen molar-refractivity contribution in [3.05, 3.63) is 164 Å². The van der Waals surface area contributed by atoms with Gasteiger partial charge >= 0.3 is 5.97 Å². The summed E-state index contributed by atoms with van der Waals surface area (Å²) in [7, 11) is 0. The van der Waals surface area contributed by atoms with E-state index >= 15 is 19.2 Å². The SMILES string of the molecule is CCOCCOc1c2cc3cc1Oc1ccc(cc1Cl)[C@@H](O)[C@@H]1NC(=O)[C@H](NC(=O)[C@@H]3NC(=O)[C@H]3NC(=O)[C@@H](Cc4ccc(c(Cl)c4)O2)NC(=O)[C@H](N)c2ccc(O)c(c2)Oc2cc(O)cc3c2)c2ccc(O)c(c2)-c2c(O)cc(O)cc2[C@H](C(=O)O)NC1=O. The summed E-state index contributed by atoms with van der Waals surface area (Å²) in [6.45, 7) is 1.86. The van der Waals surface area contributed by atoms with Crippen LogP contribution in [-0.2, 0) is 44.7 Å². The first-order valence-electron chi connectivity index (χ1n) is 27.6. The number of benzene rings is 7. The zero-order valence-electron chi connectivity index (χ0n) is 46.8. The lowest BCUT2D eigenvalue weighted by Crippen LogP contribution is -2.55. The van der Waals surface area contributed by atoms with Gasteiger partial charge in [-0.1, -0.05) is 47.5 Å². The monoisotopic (exact) mass is 1270 g/mol. The lowest BCUT2D eigenvalue weighted by Gasteiger charge is -2.31. The van der Waals surface area contributed by atoms with E-state index in [4.69, 9.17) is 52.6 Å². The van der Waals surface area contributed by atoms with E-state index in [0.29, 0.717) is 5.56 Å². The molecule has 17 bridgehead atoms. The molecule has 13 rings (SSSR count). The molecule has 0 aliphatic carbocycles. The van der Waals surface area contributed by atoms with Gasteiger partial charge in [-0.15, -0.1) is 0 Å². The topological polar surface area (TPSA) is 405 Å². The molecule has 26 nitrogen and oxygen atoms in total. The number of ether oxygens (including phenoxy) is 5. The highest BCUT2D eigenvalue weighted by Gasteiger charge is 2.41. The maximum Gasteiger partial charge on any atom is 0.330 e. The number of aliphatic carboxylic acids is 1. The van der Waals surface area contributed by atoms with E-state index in [0.717, 1.165) is 42.5 Å². The molecule has 6 aliphatic rings. The average molecular weight is 1270 g/mol. The molecule has 0 aromatic heterocycles. The molecule has 0 spiro atoms. The highest BCUT2D eigenvalue weighted by atomic mass is 35.5. The number of fused-ring (bicyclic) bond motifs is 14. The molecule has 0 unspecified atom stereocenters. The van der Waals surface area contributed by atoms with Crippen LogP contribution in [-0.4, -0.2) is 109 Å². The number of hydrogen-bond donors (Lipinski definition) is 14. The fraction of sp³-hybridized carbons (Fsp3) is 0.210. The van der Waals surface area contributed by atoms with Gasteiger partial charge in [0.25, 0.3) is 0 Å². The number of carbonyl (C=O) groups excluding carboxylic acids is 6. The molecular formula is C62H53Cl2N7O19. The van der Waals surface area contributed by atoms with Gasteiger partial charge in [-0.25, -0.2) is 4.79 Å². The summed E-state index contributed by atoms with van der Waals surface area (Å²) in [4.78, 5) is 104. The van der Waals surface area contributed by atoms with Crippen LogP contribution >= 0.6 is 23.2 Å². The van der Waals surface area contributed by atoms with Crippen LogP contribution in [0.25, 0.3) is 11.1 Å². The first-order chi connectivity index (χ1) is 43.0. The highest BCUT2D eigenvalue weighted by molar-refractivity contribution is 6.32. The van der Waals surface area contributed by atoms with Gasteiger partial charge in [-0.2, -0.15) is 0 Å². The van der Waals surface area contributed by atoms with Crippen molar-refractivity contribution in [2.24, 2.45) is 5.73 Å². The average Bonchev–Trinajstić information content (AvgIpc) is 1.07. The third-order valence-electron chi connectivity index (χ3n) is 15.1. The first-order valence-corrected chi connectivity index (χ1v) is 28.3. The van der Waals surface area contributed by atoms with Crippen LogP contribution in [0, 0.1) is 0 Å². The maximum atomic E-state index is 15.9. The van der Waals surface area contributed by atoms with Gasteiger partial charge in [0, 0.05) is 41.9 Å². The van der Waals surface area contributed by atoms with Crippen molar-refractivity contribution >= 4 is 64.6 Å². The number of rotatable bonds is 6. The zero-order chi connectivity index (χ0) is 64.0. The van der Waals surface area contributed by atoms with Gasteiger partial charge < -0.3 is 97.1 Å². The minimum atomic E-state index is -2.19. The lowest BCUT2D eigenvalue weighted by molar-refractivity contribution is -0.143. The summed E-state index contributed by atoms with van der Waals surface area (Å²) in [6.07, 6.45) is -2.45. The summed E-state index contributed by atoms with van der Waals surface area (Å²) in [5.41, 5.74) is 4.66. The Labute approximate surface area is 519 Å². The minimum Gasteiger partial charge on any atom is -0.508 e. The van der Waals surface area contributed by atoms with Gasteiger partial charge in [0.1, 0.15) is 89.2 Å². The molecule has 15 N–H and O–H groups in total. The number of aromatic hydroxyl groups is 5. The maximum absolute atomic E-state index is 15.9. The molecule has 7 aromatic rings. The quantitative estimate of drug-likeness (QED) is 0.0888. The minimum absolute atomic E-state index is 0.00362. The number of halogens is 2. The second-order valence-corrected chi connectivity index (χ2v) is 21.9. The number of carboxylic acids is 1. The summed E-state index contributed by atoms with van der Waals surface area (Å²) in [5, 5.41) is 93.8. The Hall–Kier alpha value is -10.5. The van der Waals surface area contributed by atoms with E-state index in [1.165, 1.54) is 72.8 Å². The standard InChI is InChI=1S/C62H53Cl2N7O19/c1-2-86-11-12-87-55-45-20-30-21-46(55)90-43-10-6-28(18-37(43)64)54(77)53-61(83)70-52(62(84)85)35-23-32(73)24-41(76)47(35)34-17-27(5-7-39(34)74)49(58(80)71-53)68-60(82)51(30)69-59(81)50-29-15-31(72)22-33(16-29)88-44-19-26(4-8-40(44)75)48(65)57(79)66-38(56(78)67-50)14-25-3-9-42(89-45)36(63)13-25/h3-10,13,15-24,38,48-54,72-77H,2,11-12,14,65H2,1H3,(H,66,79)(H,67,78)(H,68,82)(H,69,81)(H,70,83)(H,71,80)(H,84,85)/t38-,48-,49-,50+,51-,52-,53+,54-/m1/s1. The van der Waals surface area contributed by atoms with Crippen LogP contribution in [0.15, 0.2) is 115 Å². The van der Waals surface area contributed by atoms with Crippen molar-refractivity contribution in [3.8, 4) is 80.1 Å². The number of hydrogen-bond acceptors (Lipinski definition) is 19. The molecule has 7 aromatic carbocycles. The molecule has 0 radical (unpaired) electrons. The second-order valence-electron chi connectivity index (χ2n) is 21.1. The number of phenolic OH excluding ortho intramolecular Hbond substituents is 5. The van der Waals surface area contributed by atoms with Crippen LogP contribution in [0.2, 0.25) is 10.0 Å². The Morgan fingerprint density at radius 1 is 0.556 bits per heavy atom. The second kappa shape index (κ2) is 24.9.